The summed E-state index contributed by atoms with van der Waals surface area (Å²) >= 11 is 0. The molecule has 3 aromatic rings. The second kappa shape index (κ2) is 10.2. The second-order valence-corrected chi connectivity index (χ2v) is 10.4. The molecule has 190 valence electrons. The zero-order chi connectivity index (χ0) is 26.1. The van der Waals surface area contributed by atoms with Crippen LogP contribution >= 0.6 is 0 Å². The van der Waals surface area contributed by atoms with Crippen molar-refractivity contribution in [2.75, 3.05) is 33.7 Å². The Morgan fingerprint density at radius 2 is 1.83 bits per heavy atom. The minimum absolute atomic E-state index is 0.0528. The van der Waals surface area contributed by atoms with Gasteiger partial charge >= 0.3 is 5.97 Å². The molecule has 9 nitrogen and oxygen atoms in total. The quantitative estimate of drug-likeness (QED) is 0.443. The summed E-state index contributed by atoms with van der Waals surface area (Å²) in [6.45, 7) is 14.0. The summed E-state index contributed by atoms with van der Waals surface area (Å²) in [6.07, 6.45) is 1.67. The molecule has 0 aliphatic carbocycles. The number of carbonyl (C=O) groups excluding carboxylic acids is 2. The average Bonchev–Trinajstić information content (AvgIpc) is 3.30. The Balaban J connectivity index is 2.12. The molecule has 0 saturated heterocycles. The van der Waals surface area contributed by atoms with E-state index in [0.29, 0.717) is 35.4 Å². The van der Waals surface area contributed by atoms with E-state index in [-0.39, 0.29) is 18.5 Å². The van der Waals surface area contributed by atoms with Crippen molar-refractivity contribution in [3.63, 3.8) is 0 Å². The number of rotatable bonds is 8. The van der Waals surface area contributed by atoms with Gasteiger partial charge in [-0.15, -0.1) is 0 Å². The van der Waals surface area contributed by atoms with Crippen LogP contribution in [0.5, 0.6) is 0 Å². The number of aryl methyl sites for hydroxylation is 2. The lowest BCUT2D eigenvalue weighted by Crippen LogP contribution is -2.42. The maximum atomic E-state index is 13.9. The number of hydrogen-bond donors (Lipinski definition) is 0. The van der Waals surface area contributed by atoms with Crippen LogP contribution in [0.3, 0.4) is 0 Å². The maximum Gasteiger partial charge on any atom is 0.326 e. The maximum absolute atomic E-state index is 13.9. The first-order valence-electron chi connectivity index (χ1n) is 11.9. The summed E-state index contributed by atoms with van der Waals surface area (Å²) in [4.78, 5) is 35.0. The zero-order valence-corrected chi connectivity index (χ0v) is 22.3. The van der Waals surface area contributed by atoms with Crippen molar-refractivity contribution in [3.8, 4) is 11.3 Å². The van der Waals surface area contributed by atoms with Crippen molar-refractivity contribution in [1.29, 1.82) is 0 Å². The predicted molar refractivity (Wildman–Crippen MR) is 135 cm³/mol. The number of likely N-dealkylation sites (N-methyl/N-ethyl adjacent to an activating group) is 1. The first-order chi connectivity index (χ1) is 16.3. The molecule has 0 spiro atoms. The van der Waals surface area contributed by atoms with Crippen LogP contribution in [-0.2, 0) is 9.53 Å². The number of carbonyl (C=O) groups is 2. The Morgan fingerprint density at radius 3 is 2.37 bits per heavy atom. The number of fused-ring (bicyclic) bond motifs is 1. The van der Waals surface area contributed by atoms with Crippen molar-refractivity contribution in [2.45, 2.75) is 60.1 Å². The molecule has 0 unspecified atom stereocenters. The van der Waals surface area contributed by atoms with Gasteiger partial charge in [-0.1, -0.05) is 0 Å². The molecule has 0 atom stereocenters. The van der Waals surface area contributed by atoms with Crippen molar-refractivity contribution in [2.24, 2.45) is 0 Å². The van der Waals surface area contributed by atoms with Gasteiger partial charge in [-0.05, 0) is 74.7 Å². The van der Waals surface area contributed by atoms with Crippen LogP contribution in [0.1, 0.15) is 62.5 Å². The third-order valence-corrected chi connectivity index (χ3v) is 5.45. The van der Waals surface area contributed by atoms with Gasteiger partial charge in [0, 0.05) is 24.7 Å². The summed E-state index contributed by atoms with van der Waals surface area (Å²) in [5, 5.41) is 5.15. The molecule has 3 heterocycles. The number of esters is 1. The van der Waals surface area contributed by atoms with Crippen molar-refractivity contribution in [3.05, 3.63) is 35.4 Å². The van der Waals surface area contributed by atoms with E-state index in [1.165, 1.54) is 4.90 Å². The number of hydrogen-bond acceptors (Lipinski definition) is 7. The zero-order valence-electron chi connectivity index (χ0n) is 22.3. The molecular weight excluding hydrogens is 446 g/mol. The Hall–Kier alpha value is -3.20. The highest BCUT2D eigenvalue weighted by atomic mass is 16.6. The number of amides is 1. The van der Waals surface area contributed by atoms with Crippen LogP contribution in [0.2, 0.25) is 0 Å². The Labute approximate surface area is 207 Å². The first-order valence-corrected chi connectivity index (χ1v) is 11.9. The summed E-state index contributed by atoms with van der Waals surface area (Å²) in [5.74, 6) is 0.769. The fourth-order valence-corrected chi connectivity index (χ4v) is 3.87. The summed E-state index contributed by atoms with van der Waals surface area (Å²) in [6, 6.07) is 3.74. The standard InChI is InChI=1S/C26H37N5O4/c1-16(2)31-24-21(14-27-31)20(13-22(28-24)19-12-17(3)34-18(19)4)25(33)30(11-10-29(8)9)15-23(32)35-26(5,6)7/h12-14,16H,10-11,15H2,1-9H3. The lowest BCUT2D eigenvalue weighted by atomic mass is 10.1. The largest absolute Gasteiger partial charge is 0.466 e. The molecule has 0 N–H and O–H groups in total. The van der Waals surface area contributed by atoms with E-state index in [1.54, 1.807) is 16.9 Å². The summed E-state index contributed by atoms with van der Waals surface area (Å²) < 4.78 is 13.0. The van der Waals surface area contributed by atoms with Gasteiger partial charge in [0.1, 0.15) is 23.7 Å². The van der Waals surface area contributed by atoms with Gasteiger partial charge in [0.05, 0.1) is 22.8 Å². The fourth-order valence-electron chi connectivity index (χ4n) is 3.87. The number of nitrogens with zero attached hydrogens (tertiary/aromatic N) is 5. The van der Waals surface area contributed by atoms with E-state index in [9.17, 15) is 9.59 Å². The Morgan fingerprint density at radius 1 is 1.14 bits per heavy atom. The number of ether oxygens (including phenoxy) is 1. The van der Waals surface area contributed by atoms with Gasteiger partial charge < -0.3 is 19.0 Å². The smallest absolute Gasteiger partial charge is 0.326 e. The highest BCUT2D eigenvalue weighted by molar-refractivity contribution is 6.07. The van der Waals surface area contributed by atoms with Gasteiger partial charge in [-0.2, -0.15) is 5.10 Å². The SMILES string of the molecule is Cc1cc(-c2cc(C(=O)N(CCN(C)C)CC(=O)OC(C)(C)C)c3cnn(C(C)C)c3n2)c(C)o1. The normalized spacial score (nSPS) is 12.1. The van der Waals surface area contributed by atoms with Gasteiger partial charge in [-0.3, -0.25) is 9.59 Å². The van der Waals surface area contributed by atoms with Crippen LogP contribution < -0.4 is 0 Å². The molecule has 0 aliphatic heterocycles. The lowest BCUT2D eigenvalue weighted by Gasteiger charge is -2.26. The summed E-state index contributed by atoms with van der Waals surface area (Å²) in [7, 11) is 3.85. The topological polar surface area (TPSA) is 93.7 Å². The van der Waals surface area contributed by atoms with Crippen LogP contribution in [0.25, 0.3) is 22.3 Å². The third-order valence-electron chi connectivity index (χ3n) is 5.45. The molecule has 1 amide bonds. The Kier molecular flexibility index (Phi) is 7.69. The molecule has 35 heavy (non-hydrogen) atoms. The van der Waals surface area contributed by atoms with E-state index in [0.717, 1.165) is 17.1 Å². The number of furan rings is 1. The minimum Gasteiger partial charge on any atom is -0.466 e. The van der Waals surface area contributed by atoms with E-state index < -0.39 is 11.6 Å². The summed E-state index contributed by atoms with van der Waals surface area (Å²) in [5.41, 5.74) is 1.87. The molecule has 3 aromatic heterocycles. The van der Waals surface area contributed by atoms with Crippen molar-refractivity contribution >= 4 is 22.9 Å². The average molecular weight is 484 g/mol. The van der Waals surface area contributed by atoms with Crippen LogP contribution in [0.4, 0.5) is 0 Å². The van der Waals surface area contributed by atoms with Crippen LogP contribution in [0.15, 0.2) is 22.7 Å². The Bertz CT molecular complexity index is 1220. The predicted octanol–water partition coefficient (Wildman–Crippen LogP) is 4.23. The molecular formula is C26H37N5O4. The number of pyridine rings is 1. The third kappa shape index (κ3) is 6.28. The second-order valence-electron chi connectivity index (χ2n) is 10.4. The van der Waals surface area contributed by atoms with Crippen LogP contribution in [-0.4, -0.2) is 75.8 Å². The van der Waals surface area contributed by atoms with Crippen molar-refractivity contribution in [1.82, 2.24) is 24.6 Å². The fraction of sp³-hybridized carbons (Fsp3) is 0.538. The highest BCUT2D eigenvalue weighted by Gasteiger charge is 2.27. The first kappa shape index (κ1) is 26.4. The lowest BCUT2D eigenvalue weighted by molar-refractivity contribution is -0.155. The van der Waals surface area contributed by atoms with E-state index in [2.05, 4.69) is 5.10 Å². The minimum atomic E-state index is -0.639. The van der Waals surface area contributed by atoms with Crippen molar-refractivity contribution < 1.29 is 18.7 Å². The molecule has 0 aromatic carbocycles. The molecule has 3 rings (SSSR count). The van der Waals surface area contributed by atoms with Gasteiger partial charge in [0.2, 0.25) is 0 Å². The van der Waals surface area contributed by atoms with E-state index in [1.807, 2.05) is 73.5 Å². The van der Waals surface area contributed by atoms with E-state index >= 15 is 0 Å². The van der Waals surface area contributed by atoms with Gasteiger partial charge in [0.15, 0.2) is 5.65 Å². The van der Waals surface area contributed by atoms with Crippen LogP contribution in [0, 0.1) is 13.8 Å². The molecule has 0 fully saturated rings. The van der Waals surface area contributed by atoms with E-state index in [4.69, 9.17) is 14.1 Å². The molecule has 9 heteroatoms. The molecule has 0 radical (unpaired) electrons. The van der Waals surface area contributed by atoms with Gasteiger partial charge in [-0.25, -0.2) is 9.67 Å². The molecule has 0 saturated carbocycles. The number of aromatic nitrogens is 3. The monoisotopic (exact) mass is 483 g/mol. The highest BCUT2D eigenvalue weighted by Crippen LogP contribution is 2.30. The molecule has 0 bridgehead atoms. The molecule has 0 aliphatic rings. The van der Waals surface area contributed by atoms with Gasteiger partial charge in [0.25, 0.3) is 5.91 Å².